The lowest BCUT2D eigenvalue weighted by Crippen LogP contribution is -1.90. The molecule has 5 aromatic rings. The van der Waals surface area contributed by atoms with Crippen molar-refractivity contribution < 1.29 is 9.15 Å². The third kappa shape index (κ3) is 2.67. The van der Waals surface area contributed by atoms with Crippen molar-refractivity contribution in [2.75, 3.05) is 7.11 Å². The first kappa shape index (κ1) is 17.0. The van der Waals surface area contributed by atoms with Crippen LogP contribution in [0, 0.1) is 0 Å². The molecular formula is C23H18N2O2S. The van der Waals surface area contributed by atoms with Crippen LogP contribution in [0.3, 0.4) is 0 Å². The Bertz CT molecular complexity index is 1300. The zero-order valence-electron chi connectivity index (χ0n) is 15.6. The van der Waals surface area contributed by atoms with Crippen LogP contribution in [0.15, 0.2) is 64.4 Å². The minimum atomic E-state index is 0.726. The van der Waals surface area contributed by atoms with E-state index in [-0.39, 0.29) is 0 Å². The molecular weight excluding hydrogens is 368 g/mol. The van der Waals surface area contributed by atoms with Gasteiger partial charge in [0.15, 0.2) is 11.3 Å². The SMILES string of the molecule is CCc1cccc(-c2csc(-c3ccc(OC)c4oc5ccccc5c34)n2)n1. The number of hydrogen-bond acceptors (Lipinski definition) is 5. The average molecular weight is 386 g/mol. The monoisotopic (exact) mass is 386 g/mol. The van der Waals surface area contributed by atoms with Crippen LogP contribution in [0.5, 0.6) is 5.75 Å². The molecule has 0 fully saturated rings. The zero-order chi connectivity index (χ0) is 19.1. The summed E-state index contributed by atoms with van der Waals surface area (Å²) >= 11 is 1.62. The summed E-state index contributed by atoms with van der Waals surface area (Å²) in [5.41, 5.74) is 5.51. The van der Waals surface area contributed by atoms with Gasteiger partial charge in [-0.15, -0.1) is 11.3 Å². The Balaban J connectivity index is 1.71. The number of para-hydroxylation sites is 1. The highest BCUT2D eigenvalue weighted by Gasteiger charge is 2.18. The number of benzene rings is 2. The standard InChI is InChI=1S/C23H18N2O2S/c1-3-14-7-6-9-17(24-14)18-13-28-23(25-18)16-11-12-20(26-2)22-21(16)15-8-4-5-10-19(15)27-22/h4-13H,3H2,1-2H3. The Morgan fingerprint density at radius 2 is 1.86 bits per heavy atom. The molecule has 0 aliphatic carbocycles. The van der Waals surface area contributed by atoms with Gasteiger partial charge in [0.25, 0.3) is 0 Å². The molecule has 0 aliphatic rings. The van der Waals surface area contributed by atoms with Gasteiger partial charge in [-0.1, -0.05) is 31.2 Å². The van der Waals surface area contributed by atoms with E-state index in [0.717, 1.165) is 61.8 Å². The smallest absolute Gasteiger partial charge is 0.177 e. The molecule has 0 unspecified atom stereocenters. The average Bonchev–Trinajstić information content (AvgIpc) is 3.38. The molecule has 0 bridgehead atoms. The molecule has 0 aliphatic heterocycles. The van der Waals surface area contributed by atoms with Crippen molar-refractivity contribution in [2.45, 2.75) is 13.3 Å². The van der Waals surface area contributed by atoms with Crippen molar-refractivity contribution in [2.24, 2.45) is 0 Å². The second-order valence-electron chi connectivity index (χ2n) is 6.52. The molecule has 5 heteroatoms. The maximum Gasteiger partial charge on any atom is 0.177 e. The number of aryl methyl sites for hydroxylation is 1. The van der Waals surface area contributed by atoms with Crippen LogP contribution in [-0.2, 0) is 6.42 Å². The lowest BCUT2D eigenvalue weighted by Gasteiger charge is -2.04. The third-order valence-electron chi connectivity index (χ3n) is 4.88. The van der Waals surface area contributed by atoms with Gasteiger partial charge in [-0.25, -0.2) is 4.98 Å². The molecule has 4 nitrogen and oxygen atoms in total. The minimum absolute atomic E-state index is 0.726. The molecule has 0 N–H and O–H groups in total. The fourth-order valence-corrected chi connectivity index (χ4v) is 4.32. The van der Waals surface area contributed by atoms with Crippen molar-refractivity contribution >= 4 is 33.3 Å². The maximum atomic E-state index is 6.10. The quantitative estimate of drug-likeness (QED) is 0.361. The van der Waals surface area contributed by atoms with Gasteiger partial charge < -0.3 is 9.15 Å². The molecule has 0 saturated heterocycles. The van der Waals surface area contributed by atoms with Crippen LogP contribution in [0.2, 0.25) is 0 Å². The van der Waals surface area contributed by atoms with Crippen LogP contribution in [0.1, 0.15) is 12.6 Å². The number of aromatic nitrogens is 2. The van der Waals surface area contributed by atoms with E-state index in [2.05, 4.69) is 24.4 Å². The summed E-state index contributed by atoms with van der Waals surface area (Å²) in [5.74, 6) is 0.726. The molecule has 138 valence electrons. The minimum Gasteiger partial charge on any atom is -0.493 e. The second-order valence-corrected chi connectivity index (χ2v) is 7.38. The number of hydrogen-bond donors (Lipinski definition) is 0. The van der Waals surface area contributed by atoms with Gasteiger partial charge in [-0.2, -0.15) is 0 Å². The van der Waals surface area contributed by atoms with E-state index in [1.165, 1.54) is 0 Å². The van der Waals surface area contributed by atoms with Crippen LogP contribution < -0.4 is 4.74 Å². The predicted octanol–water partition coefficient (Wildman–Crippen LogP) is 6.34. The highest BCUT2D eigenvalue weighted by molar-refractivity contribution is 7.13. The van der Waals surface area contributed by atoms with Gasteiger partial charge in [0, 0.05) is 27.4 Å². The summed E-state index contributed by atoms with van der Waals surface area (Å²) in [4.78, 5) is 9.60. The number of furan rings is 1. The molecule has 3 heterocycles. The highest BCUT2D eigenvalue weighted by Crippen LogP contribution is 2.42. The Morgan fingerprint density at radius 3 is 2.71 bits per heavy atom. The van der Waals surface area contributed by atoms with Crippen LogP contribution in [-0.4, -0.2) is 17.1 Å². The van der Waals surface area contributed by atoms with Crippen LogP contribution in [0.25, 0.3) is 43.9 Å². The Morgan fingerprint density at radius 1 is 0.964 bits per heavy atom. The summed E-state index contributed by atoms with van der Waals surface area (Å²) in [6.45, 7) is 2.11. The van der Waals surface area contributed by atoms with E-state index in [0.29, 0.717) is 0 Å². The van der Waals surface area contributed by atoms with E-state index in [1.807, 2.05) is 42.5 Å². The number of methoxy groups -OCH3 is 1. The van der Waals surface area contributed by atoms with Gasteiger partial charge in [0.2, 0.25) is 0 Å². The second kappa shape index (κ2) is 6.77. The van der Waals surface area contributed by atoms with Crippen molar-refractivity contribution in [3.05, 3.63) is 65.7 Å². The molecule has 28 heavy (non-hydrogen) atoms. The maximum absolute atomic E-state index is 6.10. The van der Waals surface area contributed by atoms with Crippen LogP contribution in [0.4, 0.5) is 0 Å². The Hall–Kier alpha value is -3.18. The van der Waals surface area contributed by atoms with Crippen molar-refractivity contribution in [1.29, 1.82) is 0 Å². The largest absolute Gasteiger partial charge is 0.493 e. The van der Waals surface area contributed by atoms with Gasteiger partial charge in [-0.05, 0) is 36.8 Å². The molecule has 0 spiro atoms. The number of ether oxygens (including phenoxy) is 1. The fraction of sp³-hybridized carbons (Fsp3) is 0.130. The number of fused-ring (bicyclic) bond motifs is 3. The topological polar surface area (TPSA) is 48.2 Å². The summed E-state index contributed by atoms with van der Waals surface area (Å²) in [7, 11) is 1.66. The van der Waals surface area contributed by atoms with E-state index < -0.39 is 0 Å². The van der Waals surface area contributed by atoms with E-state index in [9.17, 15) is 0 Å². The van der Waals surface area contributed by atoms with E-state index in [4.69, 9.17) is 19.1 Å². The van der Waals surface area contributed by atoms with Gasteiger partial charge >= 0.3 is 0 Å². The number of nitrogens with zero attached hydrogens (tertiary/aromatic N) is 2. The van der Waals surface area contributed by atoms with E-state index in [1.54, 1.807) is 18.4 Å². The molecule has 3 aromatic heterocycles. The Labute approximate surface area is 166 Å². The lowest BCUT2D eigenvalue weighted by atomic mass is 10.1. The summed E-state index contributed by atoms with van der Waals surface area (Å²) < 4.78 is 11.6. The van der Waals surface area contributed by atoms with Gasteiger partial charge in [0.1, 0.15) is 16.3 Å². The summed E-state index contributed by atoms with van der Waals surface area (Å²) in [5, 5.41) is 5.11. The molecule has 0 atom stereocenters. The van der Waals surface area contributed by atoms with Crippen LogP contribution >= 0.6 is 11.3 Å². The van der Waals surface area contributed by atoms with Crippen molar-refractivity contribution in [3.8, 4) is 27.7 Å². The molecule has 0 saturated carbocycles. The first-order valence-electron chi connectivity index (χ1n) is 9.19. The zero-order valence-corrected chi connectivity index (χ0v) is 16.4. The van der Waals surface area contributed by atoms with Gasteiger partial charge in [0.05, 0.1) is 12.8 Å². The fourth-order valence-electron chi connectivity index (χ4n) is 3.48. The molecule has 0 radical (unpaired) electrons. The summed E-state index contributed by atoms with van der Waals surface area (Å²) in [6.07, 6.45) is 0.908. The number of rotatable bonds is 4. The lowest BCUT2D eigenvalue weighted by molar-refractivity contribution is 0.412. The summed E-state index contributed by atoms with van der Waals surface area (Å²) in [6, 6.07) is 18.1. The first-order chi connectivity index (χ1) is 13.8. The van der Waals surface area contributed by atoms with Crippen molar-refractivity contribution in [3.63, 3.8) is 0 Å². The highest BCUT2D eigenvalue weighted by atomic mass is 32.1. The Kier molecular flexibility index (Phi) is 4.10. The molecule has 2 aromatic carbocycles. The van der Waals surface area contributed by atoms with E-state index >= 15 is 0 Å². The third-order valence-corrected chi connectivity index (χ3v) is 5.75. The van der Waals surface area contributed by atoms with Gasteiger partial charge in [-0.3, -0.25) is 4.98 Å². The van der Waals surface area contributed by atoms with Crippen molar-refractivity contribution in [1.82, 2.24) is 9.97 Å². The molecule has 5 rings (SSSR count). The predicted molar refractivity (Wildman–Crippen MR) is 114 cm³/mol. The number of pyridine rings is 1. The normalized spacial score (nSPS) is 11.4. The number of thiazole rings is 1. The molecule has 0 amide bonds. The first-order valence-corrected chi connectivity index (χ1v) is 10.1.